The first kappa shape index (κ1) is 8.75. The molecular formula is C3H4N2O4P+. The van der Waals surface area contributed by atoms with Crippen molar-refractivity contribution in [1.29, 1.82) is 0 Å². The van der Waals surface area contributed by atoms with Crippen LogP contribution in [0, 0.1) is 0 Å². The predicted octanol–water partition coefficient (Wildman–Crippen LogP) is 0.482. The number of carbonyl (C=O) groups excluding carboxylic acids is 1. The highest BCUT2D eigenvalue weighted by molar-refractivity contribution is 7.34. The second-order valence-electron chi connectivity index (χ2n) is 1.13. The van der Waals surface area contributed by atoms with Gasteiger partial charge in [0.15, 0.2) is 0 Å². The third-order valence-corrected chi connectivity index (χ3v) is 1.06. The van der Waals surface area contributed by atoms with Gasteiger partial charge in [-0.1, -0.05) is 0 Å². The average Bonchev–Trinajstić information content (AvgIpc) is 1.82. The molecule has 54 valence electrons. The summed E-state index contributed by atoms with van der Waals surface area (Å²) in [5, 5.41) is 0. The number of carbonyl (C=O) groups is 1. The van der Waals surface area contributed by atoms with E-state index in [1.54, 1.807) is 0 Å². The van der Waals surface area contributed by atoms with E-state index in [0.29, 0.717) is 6.40 Å². The van der Waals surface area contributed by atoms with Crippen molar-refractivity contribution in [3.05, 3.63) is 5.53 Å². The molecule has 0 radical (unpaired) electrons. The van der Waals surface area contributed by atoms with Gasteiger partial charge in [0.2, 0.25) is 0 Å². The van der Waals surface area contributed by atoms with Crippen LogP contribution in [0.5, 0.6) is 0 Å². The summed E-state index contributed by atoms with van der Waals surface area (Å²) in [4.78, 5) is 12.4. The monoisotopic (exact) mass is 163 g/mol. The van der Waals surface area contributed by atoms with Crippen LogP contribution in [-0.2, 0) is 18.4 Å². The van der Waals surface area contributed by atoms with Gasteiger partial charge in [0.05, 0.1) is 0 Å². The molecule has 0 heterocycles. The Morgan fingerprint density at radius 1 is 1.80 bits per heavy atom. The van der Waals surface area contributed by atoms with Gasteiger partial charge in [-0.2, -0.15) is 4.52 Å². The SMILES string of the molecule is CC(=O)O[P+](=O)OC=[N+]=[N-]. The van der Waals surface area contributed by atoms with E-state index >= 15 is 0 Å². The van der Waals surface area contributed by atoms with Crippen molar-refractivity contribution >= 4 is 20.6 Å². The Hall–Kier alpha value is -1.25. The molecule has 0 aromatic rings. The molecule has 0 N–H and O–H groups in total. The lowest BCUT2D eigenvalue weighted by Crippen LogP contribution is -1.90. The van der Waals surface area contributed by atoms with Crippen molar-refractivity contribution < 1.29 is 23.2 Å². The maximum atomic E-state index is 10.3. The molecule has 10 heavy (non-hydrogen) atoms. The highest BCUT2D eigenvalue weighted by Gasteiger charge is 2.25. The molecule has 0 spiro atoms. The van der Waals surface area contributed by atoms with Crippen molar-refractivity contribution in [3.8, 4) is 0 Å². The van der Waals surface area contributed by atoms with Gasteiger partial charge in [-0.3, -0.25) is 0 Å². The van der Waals surface area contributed by atoms with Gasteiger partial charge in [0.1, 0.15) is 0 Å². The van der Waals surface area contributed by atoms with E-state index in [2.05, 4.69) is 13.8 Å². The zero-order chi connectivity index (χ0) is 7.98. The van der Waals surface area contributed by atoms with E-state index in [1.807, 2.05) is 0 Å². The van der Waals surface area contributed by atoms with E-state index in [0.717, 1.165) is 6.92 Å². The molecule has 1 atom stereocenters. The maximum absolute atomic E-state index is 10.3. The van der Waals surface area contributed by atoms with Crippen LogP contribution in [0.1, 0.15) is 6.92 Å². The van der Waals surface area contributed by atoms with Gasteiger partial charge in [0.25, 0.3) is 0 Å². The molecule has 0 rings (SSSR count). The molecule has 7 heteroatoms. The lowest BCUT2D eigenvalue weighted by atomic mass is 10.9. The summed E-state index contributed by atoms with van der Waals surface area (Å²) in [6.45, 7) is 1.08. The number of hydrogen-bond donors (Lipinski definition) is 0. The molecular weight excluding hydrogens is 159 g/mol. The Morgan fingerprint density at radius 3 is 2.80 bits per heavy atom. The quantitative estimate of drug-likeness (QED) is 0.199. The normalized spacial score (nSPS) is 9.10. The van der Waals surface area contributed by atoms with Crippen molar-refractivity contribution in [2.24, 2.45) is 0 Å². The smallest absolute Gasteiger partial charge is 0.357 e. The van der Waals surface area contributed by atoms with Gasteiger partial charge in [-0.15, -0.1) is 9.31 Å². The van der Waals surface area contributed by atoms with Gasteiger partial charge in [-0.25, -0.2) is 4.79 Å². The number of hydrogen-bond acceptors (Lipinski definition) is 4. The lowest BCUT2D eigenvalue weighted by molar-refractivity contribution is -0.131. The Kier molecular flexibility index (Phi) is 4.04. The van der Waals surface area contributed by atoms with Crippen LogP contribution >= 0.6 is 8.25 Å². The van der Waals surface area contributed by atoms with Gasteiger partial charge in [-0.05, 0) is 0 Å². The van der Waals surface area contributed by atoms with Gasteiger partial charge >= 0.3 is 20.6 Å². The predicted molar refractivity (Wildman–Crippen MR) is 30.1 cm³/mol. The average molecular weight is 163 g/mol. The molecule has 0 amide bonds. The third kappa shape index (κ3) is 4.90. The first-order valence-electron chi connectivity index (χ1n) is 2.15. The summed E-state index contributed by atoms with van der Waals surface area (Å²) >= 11 is 0. The number of nitrogens with zero attached hydrogens (tertiary/aromatic N) is 2. The third-order valence-electron chi connectivity index (χ3n) is 0.383. The Bertz CT molecular complexity index is 191. The first-order valence-corrected chi connectivity index (χ1v) is 3.25. The fraction of sp³-hybridized carbons (Fsp3) is 0.333. The van der Waals surface area contributed by atoms with Crippen LogP contribution in [0.2, 0.25) is 0 Å². The molecule has 6 nitrogen and oxygen atoms in total. The summed E-state index contributed by atoms with van der Waals surface area (Å²) in [6, 6.07) is 0. The summed E-state index contributed by atoms with van der Waals surface area (Å²) < 4.78 is 18.3. The molecule has 0 saturated carbocycles. The van der Waals surface area contributed by atoms with Crippen molar-refractivity contribution in [3.63, 3.8) is 0 Å². The first-order chi connectivity index (χ1) is 4.66. The van der Waals surface area contributed by atoms with Crippen LogP contribution in [0.25, 0.3) is 5.53 Å². The summed E-state index contributed by atoms with van der Waals surface area (Å²) in [7, 11) is -2.53. The molecule has 1 unspecified atom stereocenters. The summed E-state index contributed by atoms with van der Waals surface area (Å²) in [6.07, 6.45) is 0.502. The highest BCUT2D eigenvalue weighted by Crippen LogP contribution is 2.21. The van der Waals surface area contributed by atoms with E-state index in [4.69, 9.17) is 5.53 Å². The maximum Gasteiger partial charge on any atom is 0.814 e. The van der Waals surface area contributed by atoms with Crippen molar-refractivity contribution in [2.45, 2.75) is 6.92 Å². The standard InChI is InChI=1S/C3H4N2O4P/c1-3(6)9-10(7)8-2-5-4/h2H,1H3/q+1. The summed E-state index contributed by atoms with van der Waals surface area (Å²) in [5.74, 6) is -0.729. The fourth-order valence-electron chi connectivity index (χ4n) is 0.186. The Morgan fingerprint density at radius 2 is 2.40 bits per heavy atom. The minimum atomic E-state index is -2.53. The van der Waals surface area contributed by atoms with E-state index < -0.39 is 14.2 Å². The second-order valence-corrected chi connectivity index (χ2v) is 1.97. The van der Waals surface area contributed by atoms with E-state index in [9.17, 15) is 9.36 Å². The molecule has 0 saturated heterocycles. The van der Waals surface area contributed by atoms with E-state index in [-0.39, 0.29) is 0 Å². The highest BCUT2D eigenvalue weighted by atomic mass is 31.1. The van der Waals surface area contributed by atoms with Crippen molar-refractivity contribution in [2.75, 3.05) is 0 Å². The molecule has 0 bridgehead atoms. The van der Waals surface area contributed by atoms with Crippen LogP contribution < -0.4 is 0 Å². The molecule has 0 aliphatic carbocycles. The van der Waals surface area contributed by atoms with Gasteiger partial charge in [0, 0.05) is 11.5 Å². The second kappa shape index (κ2) is 4.61. The minimum Gasteiger partial charge on any atom is -0.357 e. The van der Waals surface area contributed by atoms with Crippen LogP contribution in [-0.4, -0.2) is 17.2 Å². The number of rotatable bonds is 3. The van der Waals surface area contributed by atoms with Crippen LogP contribution in [0.4, 0.5) is 0 Å². The van der Waals surface area contributed by atoms with Crippen molar-refractivity contribution in [1.82, 2.24) is 0 Å². The van der Waals surface area contributed by atoms with Crippen LogP contribution in [0.15, 0.2) is 0 Å². The van der Waals surface area contributed by atoms with Crippen LogP contribution in [0.3, 0.4) is 0 Å². The molecule has 0 fully saturated rings. The Labute approximate surface area is 57.3 Å². The van der Waals surface area contributed by atoms with Gasteiger partial charge < -0.3 is 5.53 Å². The minimum absolute atomic E-state index is 0.502. The topological polar surface area (TPSA) is 89.0 Å². The molecule has 0 aliphatic rings. The zero-order valence-corrected chi connectivity index (χ0v) is 5.95. The zero-order valence-electron chi connectivity index (χ0n) is 5.05. The molecule has 0 aliphatic heterocycles. The van der Waals surface area contributed by atoms with E-state index in [1.165, 1.54) is 0 Å². The summed E-state index contributed by atoms with van der Waals surface area (Å²) in [5.41, 5.74) is 7.72. The largest absolute Gasteiger partial charge is 0.814 e. The molecule has 0 aromatic carbocycles. The Balaban J connectivity index is 3.64. The fourth-order valence-corrected chi connectivity index (χ4v) is 0.558. The molecule has 0 aromatic heterocycles. The lowest BCUT2D eigenvalue weighted by Gasteiger charge is -1.75.